The van der Waals surface area contributed by atoms with E-state index < -0.39 is 0 Å². The van der Waals surface area contributed by atoms with E-state index in [1.807, 2.05) is 0 Å². The van der Waals surface area contributed by atoms with Crippen molar-refractivity contribution in [1.29, 1.82) is 0 Å². The summed E-state index contributed by atoms with van der Waals surface area (Å²) in [5, 5.41) is 6.78. The molecule has 0 unspecified atom stereocenters. The van der Waals surface area contributed by atoms with Crippen LogP contribution in [0.1, 0.15) is 5.56 Å². The molecule has 0 fully saturated rings. The topological polar surface area (TPSA) is 90.1 Å². The third-order valence-corrected chi connectivity index (χ3v) is 2.94. The Balaban J connectivity index is 1.95. The van der Waals surface area contributed by atoms with Gasteiger partial charge >= 0.3 is 0 Å². The van der Waals surface area contributed by atoms with Crippen molar-refractivity contribution < 1.29 is 9.53 Å². The normalized spacial score (nSPS) is 9.89. The van der Waals surface area contributed by atoms with Crippen molar-refractivity contribution in [2.75, 3.05) is 11.9 Å². The van der Waals surface area contributed by atoms with Crippen LogP contribution < -0.4 is 15.8 Å². The van der Waals surface area contributed by atoms with E-state index in [1.54, 1.807) is 24.3 Å². The lowest BCUT2D eigenvalue weighted by Gasteiger charge is -2.09. The SMILES string of the molecule is NC(=S)c1ccccc1OCC(=O)Nc1cnns1. The highest BCUT2D eigenvalue weighted by Crippen LogP contribution is 2.17. The second kappa shape index (κ2) is 6.21. The Bertz CT molecular complexity index is 586. The number of anilines is 1. The highest BCUT2D eigenvalue weighted by Gasteiger charge is 2.09. The average Bonchev–Trinajstić information content (AvgIpc) is 2.89. The number of nitrogens with one attached hydrogen (secondary N) is 1. The highest BCUT2D eigenvalue weighted by atomic mass is 32.1. The Morgan fingerprint density at radius 1 is 1.47 bits per heavy atom. The number of hydrogen-bond acceptors (Lipinski definition) is 6. The van der Waals surface area contributed by atoms with Crippen molar-refractivity contribution in [3.63, 3.8) is 0 Å². The maximum atomic E-state index is 11.6. The molecular formula is C11H10N4O2S2. The zero-order valence-electron chi connectivity index (χ0n) is 9.70. The molecule has 0 saturated heterocycles. The first-order valence-electron chi connectivity index (χ1n) is 5.25. The number of nitrogens with two attached hydrogens (primary N) is 1. The van der Waals surface area contributed by atoms with E-state index in [4.69, 9.17) is 22.7 Å². The number of hydrogen-bond donors (Lipinski definition) is 2. The number of nitrogens with zero attached hydrogens (tertiary/aromatic N) is 2. The lowest BCUT2D eigenvalue weighted by molar-refractivity contribution is -0.118. The lowest BCUT2D eigenvalue weighted by atomic mass is 10.2. The molecule has 2 rings (SSSR count). The van der Waals surface area contributed by atoms with Crippen molar-refractivity contribution in [3.05, 3.63) is 36.0 Å². The number of carbonyl (C=O) groups excluding carboxylic acids is 1. The van der Waals surface area contributed by atoms with E-state index in [1.165, 1.54) is 6.20 Å². The maximum Gasteiger partial charge on any atom is 0.262 e. The summed E-state index contributed by atoms with van der Waals surface area (Å²) in [4.78, 5) is 11.8. The summed E-state index contributed by atoms with van der Waals surface area (Å²) in [6.07, 6.45) is 1.46. The van der Waals surface area contributed by atoms with Crippen LogP contribution in [0, 0.1) is 0 Å². The lowest BCUT2D eigenvalue weighted by Crippen LogP contribution is -2.21. The van der Waals surface area contributed by atoms with E-state index in [-0.39, 0.29) is 17.5 Å². The quantitative estimate of drug-likeness (QED) is 0.805. The molecule has 0 aliphatic rings. The molecule has 6 nitrogen and oxygen atoms in total. The van der Waals surface area contributed by atoms with Crippen molar-refractivity contribution in [3.8, 4) is 5.75 Å². The molecule has 0 radical (unpaired) electrons. The fraction of sp³-hybridized carbons (Fsp3) is 0.0909. The molecule has 1 heterocycles. The summed E-state index contributed by atoms with van der Waals surface area (Å²) >= 11 is 6.00. The molecule has 0 bridgehead atoms. The van der Waals surface area contributed by atoms with Crippen LogP contribution in [-0.4, -0.2) is 27.1 Å². The predicted octanol–water partition coefficient (Wildman–Crippen LogP) is 1.19. The van der Waals surface area contributed by atoms with Crippen LogP contribution in [0.2, 0.25) is 0 Å². The number of ether oxygens (including phenoxy) is 1. The molecule has 1 aromatic heterocycles. The number of benzene rings is 1. The van der Waals surface area contributed by atoms with Crippen LogP contribution in [0.3, 0.4) is 0 Å². The minimum Gasteiger partial charge on any atom is -0.483 e. The maximum absolute atomic E-state index is 11.6. The monoisotopic (exact) mass is 294 g/mol. The molecule has 0 aliphatic carbocycles. The first kappa shape index (κ1) is 13.4. The third-order valence-electron chi connectivity index (χ3n) is 2.14. The van der Waals surface area contributed by atoms with Crippen molar-refractivity contribution >= 4 is 39.6 Å². The zero-order chi connectivity index (χ0) is 13.7. The zero-order valence-corrected chi connectivity index (χ0v) is 11.3. The molecule has 98 valence electrons. The van der Waals surface area contributed by atoms with Gasteiger partial charge in [0.1, 0.15) is 15.7 Å². The van der Waals surface area contributed by atoms with Crippen LogP contribution in [0.4, 0.5) is 5.00 Å². The first-order valence-corrected chi connectivity index (χ1v) is 6.44. The molecule has 0 atom stereocenters. The fourth-order valence-electron chi connectivity index (χ4n) is 1.34. The molecule has 2 aromatic rings. The standard InChI is InChI=1S/C11H10N4O2S2/c12-11(18)7-3-1-2-4-8(7)17-6-9(16)14-10-5-13-15-19-10/h1-5H,6H2,(H2,12,18)(H,14,16). The van der Waals surface area contributed by atoms with Gasteiger partial charge in [-0.1, -0.05) is 28.8 Å². The van der Waals surface area contributed by atoms with E-state index in [2.05, 4.69) is 14.9 Å². The van der Waals surface area contributed by atoms with Gasteiger partial charge in [-0.05, 0) is 12.1 Å². The number of rotatable bonds is 5. The highest BCUT2D eigenvalue weighted by molar-refractivity contribution is 7.80. The Hall–Kier alpha value is -2.06. The van der Waals surface area contributed by atoms with Crippen molar-refractivity contribution in [2.45, 2.75) is 0 Å². The second-order valence-electron chi connectivity index (χ2n) is 3.48. The van der Waals surface area contributed by atoms with E-state index >= 15 is 0 Å². The van der Waals surface area contributed by atoms with Gasteiger partial charge in [-0.3, -0.25) is 4.79 Å². The minimum atomic E-state index is -0.302. The molecule has 0 saturated carbocycles. The molecular weight excluding hydrogens is 284 g/mol. The molecule has 8 heteroatoms. The molecule has 3 N–H and O–H groups in total. The van der Waals surface area contributed by atoms with E-state index in [0.29, 0.717) is 16.3 Å². The number of amides is 1. The van der Waals surface area contributed by atoms with Gasteiger partial charge in [0, 0.05) is 11.5 Å². The average molecular weight is 294 g/mol. The van der Waals surface area contributed by atoms with Gasteiger partial charge in [-0.25, -0.2) is 0 Å². The number of thiocarbonyl (C=S) groups is 1. The van der Waals surface area contributed by atoms with Crippen LogP contribution in [0.5, 0.6) is 5.75 Å². The summed E-state index contributed by atoms with van der Waals surface area (Å²) in [6.45, 7) is -0.141. The van der Waals surface area contributed by atoms with Gasteiger partial charge in [0.05, 0.1) is 11.8 Å². The molecule has 0 spiro atoms. The first-order chi connectivity index (χ1) is 9.16. The predicted molar refractivity (Wildman–Crippen MR) is 76.4 cm³/mol. The van der Waals surface area contributed by atoms with Crippen molar-refractivity contribution in [1.82, 2.24) is 9.59 Å². The van der Waals surface area contributed by atoms with Crippen molar-refractivity contribution in [2.24, 2.45) is 5.73 Å². The summed E-state index contributed by atoms with van der Waals surface area (Å²) in [5.74, 6) is 0.177. The van der Waals surface area contributed by atoms with Crippen LogP contribution in [-0.2, 0) is 4.79 Å². The molecule has 0 aliphatic heterocycles. The number of carbonyl (C=O) groups is 1. The number of aromatic nitrogens is 2. The van der Waals surface area contributed by atoms with Gasteiger partial charge in [0.25, 0.3) is 5.91 Å². The fourth-order valence-corrected chi connectivity index (χ4v) is 1.94. The summed E-state index contributed by atoms with van der Waals surface area (Å²) in [7, 11) is 0. The second-order valence-corrected chi connectivity index (χ2v) is 4.70. The van der Waals surface area contributed by atoms with Crippen LogP contribution in [0.25, 0.3) is 0 Å². The van der Waals surface area contributed by atoms with Gasteiger partial charge in [-0.15, -0.1) is 5.10 Å². The Morgan fingerprint density at radius 3 is 2.95 bits per heavy atom. The van der Waals surface area contributed by atoms with Gasteiger partial charge in [0.15, 0.2) is 6.61 Å². The van der Waals surface area contributed by atoms with E-state index in [9.17, 15) is 4.79 Å². The van der Waals surface area contributed by atoms with Crippen LogP contribution >= 0.6 is 23.8 Å². The smallest absolute Gasteiger partial charge is 0.262 e. The number of para-hydroxylation sites is 1. The summed E-state index contributed by atoms with van der Waals surface area (Å²) in [5.41, 5.74) is 6.17. The summed E-state index contributed by atoms with van der Waals surface area (Å²) < 4.78 is 9.03. The van der Waals surface area contributed by atoms with E-state index in [0.717, 1.165) is 11.5 Å². The summed E-state index contributed by atoms with van der Waals surface area (Å²) in [6, 6.07) is 7.02. The van der Waals surface area contributed by atoms with Gasteiger partial charge in [0.2, 0.25) is 0 Å². The molecule has 19 heavy (non-hydrogen) atoms. The van der Waals surface area contributed by atoms with Gasteiger partial charge in [-0.2, -0.15) is 0 Å². The Morgan fingerprint density at radius 2 is 2.26 bits per heavy atom. The molecule has 1 aromatic carbocycles. The van der Waals surface area contributed by atoms with Crippen LogP contribution in [0.15, 0.2) is 30.5 Å². The molecule has 1 amide bonds. The Kier molecular flexibility index (Phi) is 4.37. The largest absolute Gasteiger partial charge is 0.483 e. The minimum absolute atomic E-state index is 0.141. The van der Waals surface area contributed by atoms with Gasteiger partial charge < -0.3 is 15.8 Å². The Labute approximate surface area is 118 Å². The third kappa shape index (κ3) is 3.70.